The van der Waals surface area contributed by atoms with Crippen LogP contribution in [-0.2, 0) is 0 Å². The van der Waals surface area contributed by atoms with Gasteiger partial charge in [0.05, 0.1) is 0 Å². The van der Waals surface area contributed by atoms with Gasteiger partial charge in [-0.05, 0) is 45.4 Å². The monoisotopic (exact) mass is 309 g/mol. The lowest BCUT2D eigenvalue weighted by molar-refractivity contribution is 0.261. The topological polar surface area (TPSA) is 41.3 Å². The average molecular weight is 310 g/mol. The molecule has 3 heteroatoms. The maximum atomic E-state index is 6.47. The Kier molecular flexibility index (Phi) is 9.50. The molecule has 0 fully saturated rings. The van der Waals surface area contributed by atoms with Crippen molar-refractivity contribution >= 4 is 0 Å². The van der Waals surface area contributed by atoms with Gasteiger partial charge < -0.3 is 16.0 Å². The lowest BCUT2D eigenvalue weighted by Crippen LogP contribution is -2.36. The quantitative estimate of drug-likeness (QED) is 0.633. The number of nitrogens with zero attached hydrogens (tertiary/aromatic N) is 1. The molecule has 0 aliphatic carbocycles. The Morgan fingerprint density at radius 1 is 1.18 bits per heavy atom. The summed E-state index contributed by atoms with van der Waals surface area (Å²) in [4.78, 5) is 2.45. The Morgan fingerprint density at radius 3 is 2.09 bits per heavy atom. The zero-order valence-electron chi connectivity index (χ0n) is 16.2. The van der Waals surface area contributed by atoms with Gasteiger partial charge in [0.25, 0.3) is 0 Å². The van der Waals surface area contributed by atoms with Gasteiger partial charge in [0.15, 0.2) is 0 Å². The molecule has 0 saturated heterocycles. The van der Waals surface area contributed by atoms with Gasteiger partial charge in [0, 0.05) is 37.1 Å². The number of rotatable bonds is 10. The Balaban J connectivity index is 5.00. The molecule has 0 aliphatic heterocycles. The first-order chi connectivity index (χ1) is 10.2. The molecular weight excluding hydrogens is 270 g/mol. The Morgan fingerprint density at radius 2 is 1.68 bits per heavy atom. The number of hydrogen-bond acceptors (Lipinski definition) is 3. The second-order valence-electron chi connectivity index (χ2n) is 7.06. The highest BCUT2D eigenvalue weighted by Crippen LogP contribution is 2.23. The lowest BCUT2D eigenvalue weighted by atomic mass is 9.92. The number of hydrogen-bond donors (Lipinski definition) is 2. The molecule has 1 unspecified atom stereocenters. The Bertz CT molecular complexity index is 363. The van der Waals surface area contributed by atoms with Crippen LogP contribution in [0.3, 0.4) is 0 Å². The van der Waals surface area contributed by atoms with Crippen molar-refractivity contribution in [1.82, 2.24) is 10.2 Å². The molecule has 22 heavy (non-hydrogen) atoms. The molecule has 0 heterocycles. The van der Waals surface area contributed by atoms with Crippen molar-refractivity contribution in [3.8, 4) is 0 Å². The van der Waals surface area contributed by atoms with Crippen LogP contribution < -0.4 is 11.1 Å². The largest absolute Gasteiger partial charge is 0.392 e. The predicted molar refractivity (Wildman–Crippen MR) is 99.7 cm³/mol. The third-order valence-electron chi connectivity index (χ3n) is 4.54. The summed E-state index contributed by atoms with van der Waals surface area (Å²) in [5, 5.41) is 3.15. The van der Waals surface area contributed by atoms with Gasteiger partial charge in [-0.15, -0.1) is 0 Å². The molecule has 3 N–H and O–H groups in total. The Labute approximate surface area is 139 Å². The minimum Gasteiger partial charge on any atom is -0.392 e. The van der Waals surface area contributed by atoms with E-state index < -0.39 is 0 Å². The van der Waals surface area contributed by atoms with E-state index in [9.17, 15) is 0 Å². The van der Waals surface area contributed by atoms with Gasteiger partial charge >= 0.3 is 0 Å². The normalized spacial score (nSPS) is 16.1. The summed E-state index contributed by atoms with van der Waals surface area (Å²) in [6.07, 6.45) is 8.69. The predicted octanol–water partition coefficient (Wildman–Crippen LogP) is 4.27. The molecular formula is C19H39N3. The van der Waals surface area contributed by atoms with Crippen molar-refractivity contribution in [3.05, 3.63) is 23.5 Å². The molecule has 1 atom stereocenters. The molecule has 0 amide bonds. The molecule has 0 radical (unpaired) electrons. The molecule has 0 aliphatic rings. The van der Waals surface area contributed by atoms with Crippen LogP contribution in [0, 0.1) is 5.92 Å². The zero-order chi connectivity index (χ0) is 17.3. The highest BCUT2D eigenvalue weighted by atomic mass is 15.1. The molecule has 0 aromatic heterocycles. The van der Waals surface area contributed by atoms with Gasteiger partial charge in [-0.3, -0.25) is 0 Å². The van der Waals surface area contributed by atoms with Crippen molar-refractivity contribution in [2.75, 3.05) is 14.1 Å². The maximum absolute atomic E-state index is 6.47. The summed E-state index contributed by atoms with van der Waals surface area (Å²) in [5.74, 6) is 0.524. The molecule has 0 aromatic carbocycles. The van der Waals surface area contributed by atoms with Gasteiger partial charge in [0.2, 0.25) is 0 Å². The van der Waals surface area contributed by atoms with Crippen LogP contribution in [0.4, 0.5) is 0 Å². The SMILES string of the molecule is CCC(CC)N(C)/C(=C\CC(C)(N)C/C=C(/C)NC)C(C)C. The second-order valence-corrected chi connectivity index (χ2v) is 7.06. The number of nitrogens with two attached hydrogens (primary N) is 1. The van der Waals surface area contributed by atoms with E-state index in [2.05, 4.69) is 71.0 Å². The summed E-state index contributed by atoms with van der Waals surface area (Å²) in [6.45, 7) is 13.3. The van der Waals surface area contributed by atoms with Crippen LogP contribution in [0.25, 0.3) is 0 Å². The number of nitrogens with one attached hydrogen (secondary N) is 1. The fraction of sp³-hybridized carbons (Fsp3) is 0.789. The van der Waals surface area contributed by atoms with Gasteiger partial charge in [0.1, 0.15) is 0 Å². The summed E-state index contributed by atoms with van der Waals surface area (Å²) in [7, 11) is 4.17. The van der Waals surface area contributed by atoms with Crippen LogP contribution in [0.5, 0.6) is 0 Å². The smallest absolute Gasteiger partial charge is 0.0278 e. The van der Waals surface area contributed by atoms with Crippen LogP contribution >= 0.6 is 0 Å². The third kappa shape index (κ3) is 7.35. The van der Waals surface area contributed by atoms with Crippen LogP contribution in [-0.4, -0.2) is 30.6 Å². The van der Waals surface area contributed by atoms with Crippen LogP contribution in [0.15, 0.2) is 23.5 Å². The lowest BCUT2D eigenvalue weighted by Gasteiger charge is -2.34. The van der Waals surface area contributed by atoms with Crippen molar-refractivity contribution in [3.63, 3.8) is 0 Å². The minimum absolute atomic E-state index is 0.201. The highest BCUT2D eigenvalue weighted by Gasteiger charge is 2.20. The van der Waals surface area contributed by atoms with E-state index in [0.29, 0.717) is 12.0 Å². The molecule has 0 spiro atoms. The summed E-state index contributed by atoms with van der Waals surface area (Å²) in [6, 6.07) is 0.615. The number of allylic oxidation sites excluding steroid dienone is 2. The van der Waals surface area contributed by atoms with Gasteiger partial charge in [-0.25, -0.2) is 0 Å². The first-order valence-electron chi connectivity index (χ1n) is 8.74. The summed E-state index contributed by atoms with van der Waals surface area (Å²) >= 11 is 0. The summed E-state index contributed by atoms with van der Waals surface area (Å²) in [5.41, 5.74) is 8.87. The van der Waals surface area contributed by atoms with E-state index in [4.69, 9.17) is 5.73 Å². The van der Waals surface area contributed by atoms with E-state index in [1.54, 1.807) is 0 Å². The van der Waals surface area contributed by atoms with Gasteiger partial charge in [-0.1, -0.05) is 39.8 Å². The van der Waals surface area contributed by atoms with Crippen molar-refractivity contribution in [1.29, 1.82) is 0 Å². The van der Waals surface area contributed by atoms with E-state index in [0.717, 1.165) is 12.8 Å². The molecule has 0 bridgehead atoms. The zero-order valence-corrected chi connectivity index (χ0v) is 16.2. The highest BCUT2D eigenvalue weighted by molar-refractivity contribution is 5.09. The average Bonchev–Trinajstić information content (AvgIpc) is 2.45. The van der Waals surface area contributed by atoms with Crippen LogP contribution in [0.2, 0.25) is 0 Å². The molecule has 3 nitrogen and oxygen atoms in total. The standard InChI is InChI=1S/C19H39N3/c1-9-17(10-2)22(8)18(15(3)4)12-14-19(6,20)13-11-16(5)21-7/h11-12,15,17,21H,9-10,13-14,20H2,1-8H3/b16-11-,18-12-. The fourth-order valence-electron chi connectivity index (χ4n) is 2.74. The van der Waals surface area contributed by atoms with E-state index >= 15 is 0 Å². The summed E-state index contributed by atoms with van der Waals surface area (Å²) < 4.78 is 0. The van der Waals surface area contributed by atoms with E-state index in [-0.39, 0.29) is 5.54 Å². The Hall–Kier alpha value is -0.960. The van der Waals surface area contributed by atoms with E-state index in [1.165, 1.54) is 24.2 Å². The van der Waals surface area contributed by atoms with Crippen molar-refractivity contribution in [2.24, 2.45) is 11.7 Å². The first-order valence-corrected chi connectivity index (χ1v) is 8.74. The molecule has 0 rings (SSSR count). The van der Waals surface area contributed by atoms with Crippen molar-refractivity contribution < 1.29 is 0 Å². The first kappa shape index (κ1) is 21.0. The van der Waals surface area contributed by atoms with Gasteiger partial charge in [-0.2, -0.15) is 0 Å². The molecule has 0 saturated carbocycles. The molecule has 130 valence electrons. The van der Waals surface area contributed by atoms with Crippen LogP contribution in [0.1, 0.15) is 67.2 Å². The third-order valence-corrected chi connectivity index (χ3v) is 4.54. The van der Waals surface area contributed by atoms with E-state index in [1.807, 2.05) is 7.05 Å². The fourth-order valence-corrected chi connectivity index (χ4v) is 2.74. The minimum atomic E-state index is -0.201. The second kappa shape index (κ2) is 9.94. The maximum Gasteiger partial charge on any atom is 0.0278 e. The van der Waals surface area contributed by atoms with Crippen molar-refractivity contribution in [2.45, 2.75) is 78.8 Å². The molecule has 0 aromatic rings.